The zero-order valence-corrected chi connectivity index (χ0v) is 10.0. The number of fused-ring (bicyclic) bond motifs is 4. The monoisotopic (exact) mass is 222 g/mol. The van der Waals surface area contributed by atoms with E-state index in [2.05, 4.69) is 6.92 Å². The van der Waals surface area contributed by atoms with Crippen LogP contribution in [0, 0.1) is 29.6 Å². The Hall–Kier alpha value is -0.570. The van der Waals surface area contributed by atoms with Gasteiger partial charge in [-0.15, -0.1) is 0 Å². The van der Waals surface area contributed by atoms with Crippen molar-refractivity contribution in [2.75, 3.05) is 7.11 Å². The van der Waals surface area contributed by atoms with Gasteiger partial charge in [0.15, 0.2) is 0 Å². The Balaban J connectivity index is 1.72. The molecule has 88 valence electrons. The van der Waals surface area contributed by atoms with Crippen LogP contribution in [0.3, 0.4) is 0 Å². The molecule has 0 radical (unpaired) electrons. The van der Waals surface area contributed by atoms with E-state index in [1.807, 2.05) is 7.11 Å². The highest BCUT2D eigenvalue weighted by atomic mass is 16.6. The molecule has 4 fully saturated rings. The third kappa shape index (κ3) is 0.755. The number of esters is 1. The van der Waals surface area contributed by atoms with Crippen LogP contribution < -0.4 is 0 Å². The van der Waals surface area contributed by atoms with Gasteiger partial charge in [-0.3, -0.25) is 4.79 Å². The molecule has 4 aliphatic carbocycles. The standard InChI is InChI=1S/C13H18O3/c1-6(14)16-12(2)5-9-10-7-4-8(7)11(12)13(9,10)15-3/h7-11H,4-5H2,1-3H3/t7-,8+,9?,10?,11+,12+,13-/m1/s1. The summed E-state index contributed by atoms with van der Waals surface area (Å²) in [5, 5.41) is 0. The number of hydrogen-bond donors (Lipinski definition) is 0. The molecule has 4 rings (SSSR count). The van der Waals surface area contributed by atoms with E-state index in [0.717, 1.165) is 24.2 Å². The molecule has 0 N–H and O–H groups in total. The molecule has 0 aromatic carbocycles. The van der Waals surface area contributed by atoms with Gasteiger partial charge in [-0.1, -0.05) is 0 Å². The maximum absolute atomic E-state index is 11.3. The van der Waals surface area contributed by atoms with Gasteiger partial charge in [-0.05, 0) is 43.4 Å². The number of hydrogen-bond acceptors (Lipinski definition) is 3. The zero-order chi connectivity index (χ0) is 11.3. The Morgan fingerprint density at radius 2 is 2.12 bits per heavy atom. The lowest BCUT2D eigenvalue weighted by atomic mass is 9.84. The summed E-state index contributed by atoms with van der Waals surface area (Å²) in [6, 6.07) is 0. The van der Waals surface area contributed by atoms with Gasteiger partial charge in [0.2, 0.25) is 0 Å². The van der Waals surface area contributed by atoms with Crippen LogP contribution in [0.4, 0.5) is 0 Å². The van der Waals surface area contributed by atoms with Crippen molar-refractivity contribution in [3.05, 3.63) is 0 Å². The minimum Gasteiger partial charge on any atom is -0.459 e. The van der Waals surface area contributed by atoms with E-state index in [1.165, 1.54) is 13.3 Å². The summed E-state index contributed by atoms with van der Waals surface area (Å²) >= 11 is 0. The second kappa shape index (κ2) is 2.33. The molecule has 0 amide bonds. The minimum atomic E-state index is -0.251. The quantitative estimate of drug-likeness (QED) is 0.666. The van der Waals surface area contributed by atoms with Crippen LogP contribution in [0.5, 0.6) is 0 Å². The number of carbonyl (C=O) groups excluding carboxylic acids is 1. The molecule has 0 spiro atoms. The van der Waals surface area contributed by atoms with Gasteiger partial charge >= 0.3 is 5.97 Å². The van der Waals surface area contributed by atoms with Gasteiger partial charge in [0, 0.05) is 20.0 Å². The lowest BCUT2D eigenvalue weighted by Crippen LogP contribution is -2.43. The average molecular weight is 222 g/mol. The van der Waals surface area contributed by atoms with E-state index in [1.54, 1.807) is 0 Å². The Kier molecular flexibility index (Phi) is 1.38. The fourth-order valence-electron chi connectivity index (χ4n) is 5.55. The first-order valence-corrected chi connectivity index (χ1v) is 6.29. The number of rotatable bonds is 2. The molecule has 7 atom stereocenters. The summed E-state index contributed by atoms with van der Waals surface area (Å²) in [7, 11) is 1.84. The second-order valence-electron chi connectivity index (χ2n) is 6.34. The van der Waals surface area contributed by atoms with Gasteiger partial charge in [-0.2, -0.15) is 0 Å². The molecule has 0 aromatic heterocycles. The Morgan fingerprint density at radius 3 is 2.75 bits per heavy atom. The number of carbonyl (C=O) groups is 1. The van der Waals surface area contributed by atoms with Crippen LogP contribution >= 0.6 is 0 Å². The van der Waals surface area contributed by atoms with Crippen molar-refractivity contribution >= 4 is 5.97 Å². The van der Waals surface area contributed by atoms with Gasteiger partial charge in [0.25, 0.3) is 0 Å². The van der Waals surface area contributed by atoms with E-state index in [0.29, 0.717) is 11.8 Å². The zero-order valence-electron chi connectivity index (χ0n) is 10.0. The molecule has 3 heteroatoms. The van der Waals surface area contributed by atoms with Crippen molar-refractivity contribution in [2.45, 2.75) is 37.9 Å². The van der Waals surface area contributed by atoms with Crippen molar-refractivity contribution < 1.29 is 14.3 Å². The Bertz CT molecular complexity index is 393. The lowest BCUT2D eigenvalue weighted by molar-refractivity contribution is -0.165. The molecular formula is C13H18O3. The molecule has 0 aliphatic heterocycles. The van der Waals surface area contributed by atoms with Crippen molar-refractivity contribution in [1.82, 2.24) is 0 Å². The van der Waals surface area contributed by atoms with Crippen molar-refractivity contribution in [3.63, 3.8) is 0 Å². The van der Waals surface area contributed by atoms with Gasteiger partial charge in [0.05, 0.1) is 5.60 Å². The average Bonchev–Trinajstić information content (AvgIpc) is 3.01. The van der Waals surface area contributed by atoms with E-state index < -0.39 is 0 Å². The van der Waals surface area contributed by atoms with E-state index in [-0.39, 0.29) is 17.2 Å². The summed E-state index contributed by atoms with van der Waals surface area (Å²) in [6.07, 6.45) is 2.36. The maximum atomic E-state index is 11.3. The van der Waals surface area contributed by atoms with Crippen molar-refractivity contribution in [2.24, 2.45) is 29.6 Å². The van der Waals surface area contributed by atoms with Crippen LogP contribution in [0.2, 0.25) is 0 Å². The van der Waals surface area contributed by atoms with Crippen LogP contribution in [0.1, 0.15) is 26.7 Å². The summed E-state index contributed by atoms with van der Waals surface area (Å²) in [5.74, 6) is 3.43. The number of methoxy groups -OCH3 is 1. The van der Waals surface area contributed by atoms with Gasteiger partial charge in [-0.25, -0.2) is 0 Å². The topological polar surface area (TPSA) is 35.5 Å². The van der Waals surface area contributed by atoms with Crippen LogP contribution in [0.15, 0.2) is 0 Å². The molecule has 0 aromatic rings. The normalized spacial score (nSPS) is 63.8. The van der Waals surface area contributed by atoms with Crippen molar-refractivity contribution in [1.29, 1.82) is 0 Å². The molecule has 2 unspecified atom stereocenters. The largest absolute Gasteiger partial charge is 0.459 e. The predicted molar refractivity (Wildman–Crippen MR) is 56.6 cm³/mol. The van der Waals surface area contributed by atoms with Crippen LogP contribution in [-0.4, -0.2) is 24.3 Å². The Morgan fingerprint density at radius 1 is 1.38 bits per heavy atom. The molecule has 3 nitrogen and oxygen atoms in total. The fourth-order valence-corrected chi connectivity index (χ4v) is 5.55. The smallest absolute Gasteiger partial charge is 0.303 e. The molecular weight excluding hydrogens is 204 g/mol. The van der Waals surface area contributed by atoms with Crippen LogP contribution in [0.25, 0.3) is 0 Å². The SMILES string of the molecule is CO[C@@]12C3C[C@](C)(OC(C)=O)[C@@H]1[C@H]1C[C@H]1C32. The predicted octanol–water partition coefficient (Wildman–Crippen LogP) is 1.61. The molecule has 16 heavy (non-hydrogen) atoms. The van der Waals surface area contributed by atoms with E-state index in [9.17, 15) is 4.79 Å². The Labute approximate surface area is 95.5 Å². The summed E-state index contributed by atoms with van der Waals surface area (Å²) in [4.78, 5) is 11.3. The lowest BCUT2D eigenvalue weighted by Gasteiger charge is -2.35. The number of ether oxygens (including phenoxy) is 2. The third-order valence-electron chi connectivity index (χ3n) is 5.71. The fraction of sp³-hybridized carbons (Fsp3) is 0.923. The minimum absolute atomic E-state index is 0.0950. The first-order valence-electron chi connectivity index (χ1n) is 6.29. The third-order valence-corrected chi connectivity index (χ3v) is 5.71. The van der Waals surface area contributed by atoms with Crippen molar-refractivity contribution in [3.8, 4) is 0 Å². The van der Waals surface area contributed by atoms with E-state index >= 15 is 0 Å². The molecule has 4 saturated carbocycles. The molecule has 0 bridgehead atoms. The second-order valence-corrected chi connectivity index (χ2v) is 6.34. The summed E-state index contributed by atoms with van der Waals surface area (Å²) < 4.78 is 11.5. The van der Waals surface area contributed by atoms with E-state index in [4.69, 9.17) is 9.47 Å². The first kappa shape index (κ1) is 9.46. The van der Waals surface area contributed by atoms with Gasteiger partial charge < -0.3 is 9.47 Å². The molecule has 0 saturated heterocycles. The highest BCUT2D eigenvalue weighted by molar-refractivity contribution is 5.67. The maximum Gasteiger partial charge on any atom is 0.303 e. The highest BCUT2D eigenvalue weighted by Crippen LogP contribution is 2.86. The molecule has 4 aliphatic rings. The summed E-state index contributed by atoms with van der Waals surface area (Å²) in [6.45, 7) is 3.63. The highest BCUT2D eigenvalue weighted by Gasteiger charge is 2.90. The first-order chi connectivity index (χ1) is 7.54. The summed E-state index contributed by atoms with van der Waals surface area (Å²) in [5.41, 5.74) is -0.156. The van der Waals surface area contributed by atoms with Gasteiger partial charge in [0.1, 0.15) is 5.60 Å². The van der Waals surface area contributed by atoms with Crippen LogP contribution in [-0.2, 0) is 14.3 Å². The molecule has 0 heterocycles.